The number of anilines is 1. The molecule has 5 nitrogen and oxygen atoms in total. The molecule has 0 radical (unpaired) electrons. The summed E-state index contributed by atoms with van der Waals surface area (Å²) in [5.74, 6) is -2.20. The molecule has 150 valence electrons. The van der Waals surface area contributed by atoms with Gasteiger partial charge in [-0.3, -0.25) is 9.59 Å². The fourth-order valence-electron chi connectivity index (χ4n) is 2.58. The van der Waals surface area contributed by atoms with E-state index in [1.165, 1.54) is 0 Å². The number of rotatable bonds is 6. The van der Waals surface area contributed by atoms with Gasteiger partial charge in [0.05, 0.1) is 11.4 Å². The maximum Gasteiger partial charge on any atom is 0.255 e. The number of aromatic amines is 1. The normalized spacial score (nSPS) is 10.8. The molecule has 0 saturated heterocycles. The van der Waals surface area contributed by atoms with Crippen molar-refractivity contribution in [2.75, 3.05) is 11.1 Å². The number of H-pyrrole nitrogens is 1. The van der Waals surface area contributed by atoms with E-state index < -0.39 is 17.5 Å². The molecule has 1 heterocycles. The summed E-state index contributed by atoms with van der Waals surface area (Å²) in [6.07, 6.45) is 0.403. The highest BCUT2D eigenvalue weighted by molar-refractivity contribution is 7.99. The second-order valence-electron chi connectivity index (χ2n) is 6.20. The first kappa shape index (κ1) is 21.0. The number of hydrogen-bond donors (Lipinski definition) is 2. The molecule has 0 aliphatic rings. The van der Waals surface area contributed by atoms with Gasteiger partial charge in [0, 0.05) is 28.8 Å². The minimum atomic E-state index is -0.864. The van der Waals surface area contributed by atoms with Crippen molar-refractivity contribution < 1.29 is 13.6 Å². The molecular weight excluding hydrogens is 420 g/mol. The summed E-state index contributed by atoms with van der Waals surface area (Å²) >= 11 is 6.88. The Bertz CT molecular complexity index is 1100. The average molecular weight is 436 g/mol. The summed E-state index contributed by atoms with van der Waals surface area (Å²) in [5.41, 5.74) is 1.59. The van der Waals surface area contributed by atoms with E-state index in [1.807, 2.05) is 12.1 Å². The Hall–Kier alpha value is -2.71. The number of benzene rings is 2. The number of carbonyl (C=O) groups excluding carboxylic acids is 1. The molecule has 29 heavy (non-hydrogen) atoms. The molecule has 1 amide bonds. The van der Waals surface area contributed by atoms with Gasteiger partial charge in [-0.25, -0.2) is 13.8 Å². The van der Waals surface area contributed by atoms with Crippen molar-refractivity contribution in [3.63, 3.8) is 0 Å². The van der Waals surface area contributed by atoms with Crippen molar-refractivity contribution in [1.29, 1.82) is 0 Å². The molecule has 0 bridgehead atoms. The van der Waals surface area contributed by atoms with Crippen LogP contribution in [0.15, 0.2) is 52.4 Å². The number of carbonyl (C=O) groups is 1. The van der Waals surface area contributed by atoms with Crippen molar-refractivity contribution >= 4 is 35.0 Å². The predicted molar refractivity (Wildman–Crippen MR) is 110 cm³/mol. The molecule has 3 aromatic rings. The number of nitrogens with one attached hydrogen (secondary N) is 2. The summed E-state index contributed by atoms with van der Waals surface area (Å²) in [6.45, 7) is 1.72. The Morgan fingerprint density at radius 2 is 1.93 bits per heavy atom. The topological polar surface area (TPSA) is 74.8 Å². The van der Waals surface area contributed by atoms with Crippen LogP contribution < -0.4 is 10.9 Å². The standard InChI is InChI=1S/C20H16ClF2N3O2S/c1-11-15(8-12-2-4-13(21)5-3-12)19(28)26-20(24-11)29-10-18(27)25-17-7-6-14(22)9-16(17)23/h2-7,9H,8,10H2,1H3,(H,25,27)(H,24,26,28). The number of thioether (sulfide) groups is 1. The number of aromatic nitrogens is 2. The van der Waals surface area contributed by atoms with Crippen molar-refractivity contribution in [3.8, 4) is 0 Å². The zero-order chi connectivity index (χ0) is 21.0. The molecule has 0 fully saturated rings. The van der Waals surface area contributed by atoms with Gasteiger partial charge in [-0.05, 0) is 36.8 Å². The van der Waals surface area contributed by atoms with E-state index in [0.29, 0.717) is 28.8 Å². The van der Waals surface area contributed by atoms with Gasteiger partial charge in [-0.1, -0.05) is 35.5 Å². The predicted octanol–water partition coefficient (Wildman–Crippen LogP) is 4.33. The minimum Gasteiger partial charge on any atom is -0.323 e. The number of halogens is 3. The monoisotopic (exact) mass is 435 g/mol. The van der Waals surface area contributed by atoms with Crippen LogP contribution in [0.5, 0.6) is 0 Å². The first-order valence-corrected chi connectivity index (χ1v) is 9.90. The van der Waals surface area contributed by atoms with Gasteiger partial charge in [-0.2, -0.15) is 0 Å². The van der Waals surface area contributed by atoms with Crippen LogP contribution >= 0.6 is 23.4 Å². The summed E-state index contributed by atoms with van der Waals surface area (Å²) in [4.78, 5) is 31.4. The first-order chi connectivity index (χ1) is 13.8. The van der Waals surface area contributed by atoms with Crippen LogP contribution in [0, 0.1) is 18.6 Å². The summed E-state index contributed by atoms with van der Waals surface area (Å²) in [6, 6.07) is 10.0. The fourth-order valence-corrected chi connectivity index (χ4v) is 3.41. The van der Waals surface area contributed by atoms with Crippen molar-refractivity contribution in [2.45, 2.75) is 18.5 Å². The van der Waals surface area contributed by atoms with E-state index in [-0.39, 0.29) is 22.2 Å². The van der Waals surface area contributed by atoms with Crippen LogP contribution in [0.1, 0.15) is 16.8 Å². The van der Waals surface area contributed by atoms with Gasteiger partial charge in [0.25, 0.3) is 5.56 Å². The van der Waals surface area contributed by atoms with Crippen LogP contribution in [0.2, 0.25) is 5.02 Å². The summed E-state index contributed by atoms with van der Waals surface area (Å²) in [5, 5.41) is 3.25. The summed E-state index contributed by atoms with van der Waals surface area (Å²) in [7, 11) is 0. The third-order valence-electron chi connectivity index (χ3n) is 4.04. The number of nitrogens with zero attached hydrogens (tertiary/aromatic N) is 1. The molecule has 1 aromatic heterocycles. The lowest BCUT2D eigenvalue weighted by atomic mass is 10.1. The van der Waals surface area contributed by atoms with E-state index in [2.05, 4.69) is 15.3 Å². The SMILES string of the molecule is Cc1nc(SCC(=O)Nc2ccc(F)cc2F)[nH]c(=O)c1Cc1ccc(Cl)cc1. The number of amides is 1. The molecule has 0 atom stereocenters. The quantitative estimate of drug-likeness (QED) is 0.446. The lowest BCUT2D eigenvalue weighted by Gasteiger charge is -2.08. The molecule has 2 N–H and O–H groups in total. The number of hydrogen-bond acceptors (Lipinski definition) is 4. The maximum atomic E-state index is 13.6. The Morgan fingerprint density at radius 3 is 2.59 bits per heavy atom. The molecule has 0 unspecified atom stereocenters. The van der Waals surface area contributed by atoms with Crippen LogP contribution in [-0.4, -0.2) is 21.6 Å². The van der Waals surface area contributed by atoms with E-state index in [0.717, 1.165) is 29.5 Å². The Balaban J connectivity index is 1.65. The van der Waals surface area contributed by atoms with E-state index in [4.69, 9.17) is 11.6 Å². The highest BCUT2D eigenvalue weighted by Gasteiger charge is 2.12. The fraction of sp³-hybridized carbons (Fsp3) is 0.150. The largest absolute Gasteiger partial charge is 0.323 e. The molecule has 0 aliphatic carbocycles. The zero-order valence-corrected chi connectivity index (χ0v) is 16.8. The Kier molecular flexibility index (Phi) is 6.66. The van der Waals surface area contributed by atoms with E-state index in [1.54, 1.807) is 19.1 Å². The van der Waals surface area contributed by atoms with Crippen LogP contribution in [0.25, 0.3) is 0 Å². The van der Waals surface area contributed by atoms with Crippen molar-refractivity contribution in [1.82, 2.24) is 9.97 Å². The summed E-state index contributed by atoms with van der Waals surface area (Å²) < 4.78 is 26.5. The van der Waals surface area contributed by atoms with Gasteiger partial charge in [0.15, 0.2) is 5.16 Å². The van der Waals surface area contributed by atoms with Crippen LogP contribution in [-0.2, 0) is 11.2 Å². The average Bonchev–Trinajstić information content (AvgIpc) is 2.67. The van der Waals surface area contributed by atoms with Gasteiger partial charge >= 0.3 is 0 Å². The van der Waals surface area contributed by atoms with Gasteiger partial charge in [-0.15, -0.1) is 0 Å². The first-order valence-electron chi connectivity index (χ1n) is 8.54. The number of aryl methyl sites for hydroxylation is 1. The highest BCUT2D eigenvalue weighted by atomic mass is 35.5. The second kappa shape index (κ2) is 9.19. The lowest BCUT2D eigenvalue weighted by molar-refractivity contribution is -0.113. The maximum absolute atomic E-state index is 13.6. The third-order valence-corrected chi connectivity index (χ3v) is 5.17. The third kappa shape index (κ3) is 5.65. The van der Waals surface area contributed by atoms with Crippen LogP contribution in [0.3, 0.4) is 0 Å². The molecule has 0 spiro atoms. The minimum absolute atomic E-state index is 0.101. The highest BCUT2D eigenvalue weighted by Crippen LogP contribution is 2.18. The Labute approximate surface area is 174 Å². The molecule has 3 rings (SSSR count). The van der Waals surface area contributed by atoms with Crippen molar-refractivity contribution in [3.05, 3.63) is 86.3 Å². The van der Waals surface area contributed by atoms with E-state index >= 15 is 0 Å². The van der Waals surface area contributed by atoms with Gasteiger partial charge in [0.1, 0.15) is 11.6 Å². The Morgan fingerprint density at radius 1 is 1.21 bits per heavy atom. The molecule has 0 saturated carbocycles. The molecule has 2 aromatic carbocycles. The van der Waals surface area contributed by atoms with Crippen molar-refractivity contribution in [2.24, 2.45) is 0 Å². The molecule has 0 aliphatic heterocycles. The lowest BCUT2D eigenvalue weighted by Crippen LogP contribution is -2.19. The smallest absolute Gasteiger partial charge is 0.255 e. The van der Waals surface area contributed by atoms with Gasteiger partial charge < -0.3 is 10.3 Å². The van der Waals surface area contributed by atoms with Crippen LogP contribution in [0.4, 0.5) is 14.5 Å². The molecular formula is C20H16ClF2N3O2S. The second-order valence-corrected chi connectivity index (χ2v) is 7.60. The van der Waals surface area contributed by atoms with E-state index in [9.17, 15) is 18.4 Å². The molecule has 9 heteroatoms. The zero-order valence-electron chi connectivity index (χ0n) is 15.3. The van der Waals surface area contributed by atoms with Gasteiger partial charge in [0.2, 0.25) is 5.91 Å².